The molecular weight excluding hydrogens is 272 g/mol. The van der Waals surface area contributed by atoms with Crippen LogP contribution in [-0.4, -0.2) is 42.2 Å². The number of anilines is 1. The summed E-state index contributed by atoms with van der Waals surface area (Å²) >= 11 is 0. The molecule has 2 N–H and O–H groups in total. The topological polar surface area (TPSA) is 90.6 Å². The second-order valence-corrected chi connectivity index (χ2v) is 4.46. The zero-order valence-electron chi connectivity index (χ0n) is 12.0. The molecule has 110 valence electrons. The van der Waals surface area contributed by atoms with Crippen LogP contribution in [0.1, 0.15) is 10.5 Å². The third-order valence-electron chi connectivity index (χ3n) is 2.70. The summed E-state index contributed by atoms with van der Waals surface area (Å²) in [5.74, 6) is 1.11. The van der Waals surface area contributed by atoms with E-state index in [1.54, 1.807) is 51.5 Å². The van der Waals surface area contributed by atoms with Gasteiger partial charge in [-0.3, -0.25) is 4.79 Å². The quantitative estimate of drug-likeness (QED) is 0.859. The number of aromatic nitrogens is 2. The van der Waals surface area contributed by atoms with Crippen molar-refractivity contribution in [1.82, 2.24) is 15.1 Å². The Morgan fingerprint density at radius 2 is 1.95 bits per heavy atom. The minimum absolute atomic E-state index is 0.224. The molecule has 0 unspecified atom stereocenters. The van der Waals surface area contributed by atoms with E-state index in [0.29, 0.717) is 17.2 Å². The molecule has 0 atom stereocenters. The first-order valence-corrected chi connectivity index (χ1v) is 6.18. The average Bonchev–Trinajstić information content (AvgIpc) is 2.49. The molecule has 1 aromatic heterocycles. The van der Waals surface area contributed by atoms with E-state index in [2.05, 4.69) is 10.2 Å². The standard InChI is InChI=1S/C14H16N4O3/c1-18(2)14(19)11-5-7-13(17-16-11)21-12-6-4-9(20-3)8-10(12)15/h4-8H,15H2,1-3H3. The zero-order valence-corrected chi connectivity index (χ0v) is 12.0. The molecule has 0 fully saturated rings. The molecule has 0 saturated carbocycles. The first kappa shape index (κ1) is 14.6. The molecule has 0 bridgehead atoms. The van der Waals surface area contributed by atoms with Gasteiger partial charge in [-0.05, 0) is 18.2 Å². The number of ether oxygens (including phenoxy) is 2. The highest BCUT2D eigenvalue weighted by molar-refractivity contribution is 5.91. The Labute approximate surface area is 122 Å². The van der Waals surface area contributed by atoms with Crippen molar-refractivity contribution in [2.75, 3.05) is 26.9 Å². The molecule has 21 heavy (non-hydrogen) atoms. The molecule has 2 rings (SSSR count). The van der Waals surface area contributed by atoms with Crippen LogP contribution in [-0.2, 0) is 0 Å². The van der Waals surface area contributed by atoms with Crippen LogP contribution in [0, 0.1) is 0 Å². The number of carbonyl (C=O) groups excluding carboxylic acids is 1. The maximum absolute atomic E-state index is 11.7. The van der Waals surface area contributed by atoms with E-state index in [1.165, 1.54) is 4.90 Å². The minimum Gasteiger partial charge on any atom is -0.497 e. The van der Waals surface area contributed by atoms with Crippen molar-refractivity contribution in [3.05, 3.63) is 36.0 Å². The van der Waals surface area contributed by atoms with Crippen LogP contribution in [0.3, 0.4) is 0 Å². The number of methoxy groups -OCH3 is 1. The van der Waals surface area contributed by atoms with E-state index >= 15 is 0 Å². The SMILES string of the molecule is COc1ccc(Oc2ccc(C(=O)N(C)C)nn2)c(N)c1. The number of amides is 1. The first-order valence-electron chi connectivity index (χ1n) is 6.18. The number of nitrogens with two attached hydrogens (primary N) is 1. The number of hydrogen-bond acceptors (Lipinski definition) is 6. The van der Waals surface area contributed by atoms with Gasteiger partial charge in [0.15, 0.2) is 11.4 Å². The number of rotatable bonds is 4. The summed E-state index contributed by atoms with van der Waals surface area (Å²) in [7, 11) is 4.85. The molecule has 7 heteroatoms. The third-order valence-corrected chi connectivity index (χ3v) is 2.70. The number of nitrogens with zero attached hydrogens (tertiary/aromatic N) is 3. The molecule has 0 aliphatic heterocycles. The van der Waals surface area contributed by atoms with Crippen molar-refractivity contribution < 1.29 is 14.3 Å². The number of carbonyl (C=O) groups is 1. The van der Waals surface area contributed by atoms with Crippen molar-refractivity contribution in [2.24, 2.45) is 0 Å². The summed E-state index contributed by atoms with van der Waals surface area (Å²) in [5, 5.41) is 7.68. The fourth-order valence-electron chi connectivity index (χ4n) is 1.58. The van der Waals surface area contributed by atoms with Crippen LogP contribution in [0.15, 0.2) is 30.3 Å². The Hall–Kier alpha value is -2.83. The number of benzene rings is 1. The van der Waals surface area contributed by atoms with Crippen molar-refractivity contribution in [3.8, 4) is 17.4 Å². The summed E-state index contributed by atoms with van der Waals surface area (Å²) in [6, 6.07) is 8.16. The van der Waals surface area contributed by atoms with Crippen LogP contribution in [0.2, 0.25) is 0 Å². The summed E-state index contributed by atoms with van der Waals surface area (Å²) in [4.78, 5) is 13.1. The number of hydrogen-bond donors (Lipinski definition) is 1. The van der Waals surface area contributed by atoms with Crippen LogP contribution in [0.25, 0.3) is 0 Å². The Morgan fingerprint density at radius 1 is 1.19 bits per heavy atom. The van der Waals surface area contributed by atoms with Crippen LogP contribution in [0.5, 0.6) is 17.4 Å². The van der Waals surface area contributed by atoms with Crippen LogP contribution >= 0.6 is 0 Å². The van der Waals surface area contributed by atoms with Crippen molar-refractivity contribution in [3.63, 3.8) is 0 Å². The van der Waals surface area contributed by atoms with Gasteiger partial charge in [0.1, 0.15) is 5.75 Å². The van der Waals surface area contributed by atoms with Gasteiger partial charge in [-0.15, -0.1) is 10.2 Å². The lowest BCUT2D eigenvalue weighted by molar-refractivity contribution is 0.0820. The monoisotopic (exact) mass is 288 g/mol. The predicted molar refractivity (Wildman–Crippen MR) is 77.5 cm³/mol. The van der Waals surface area contributed by atoms with Gasteiger partial charge in [0, 0.05) is 26.2 Å². The van der Waals surface area contributed by atoms with E-state index in [4.69, 9.17) is 15.2 Å². The molecule has 0 saturated heterocycles. The van der Waals surface area contributed by atoms with Gasteiger partial charge in [-0.2, -0.15) is 0 Å². The van der Waals surface area contributed by atoms with Gasteiger partial charge < -0.3 is 20.1 Å². The highest BCUT2D eigenvalue weighted by Crippen LogP contribution is 2.29. The summed E-state index contributed by atoms with van der Waals surface area (Å²) in [6.45, 7) is 0. The fourth-order valence-corrected chi connectivity index (χ4v) is 1.58. The smallest absolute Gasteiger partial charge is 0.273 e. The van der Waals surface area contributed by atoms with Crippen molar-refractivity contribution >= 4 is 11.6 Å². The van der Waals surface area contributed by atoms with Gasteiger partial charge in [0.25, 0.3) is 5.91 Å². The Balaban J connectivity index is 2.15. The molecule has 0 aliphatic rings. The lowest BCUT2D eigenvalue weighted by Gasteiger charge is -2.10. The van der Waals surface area contributed by atoms with Crippen LogP contribution in [0.4, 0.5) is 5.69 Å². The van der Waals surface area contributed by atoms with E-state index in [0.717, 1.165) is 0 Å². The van der Waals surface area contributed by atoms with Gasteiger partial charge in [0.05, 0.1) is 12.8 Å². The van der Waals surface area contributed by atoms with Crippen LogP contribution < -0.4 is 15.2 Å². The minimum atomic E-state index is -0.224. The molecule has 7 nitrogen and oxygen atoms in total. The maximum Gasteiger partial charge on any atom is 0.273 e. The second-order valence-electron chi connectivity index (χ2n) is 4.46. The Bertz CT molecular complexity index is 641. The highest BCUT2D eigenvalue weighted by atomic mass is 16.5. The van der Waals surface area contributed by atoms with Gasteiger partial charge in [0.2, 0.25) is 5.88 Å². The average molecular weight is 288 g/mol. The summed E-state index contributed by atoms with van der Waals surface area (Å²) < 4.78 is 10.6. The molecule has 2 aromatic rings. The largest absolute Gasteiger partial charge is 0.497 e. The Morgan fingerprint density at radius 3 is 2.48 bits per heavy atom. The predicted octanol–water partition coefficient (Wildman–Crippen LogP) is 1.56. The second kappa shape index (κ2) is 6.08. The van der Waals surface area contributed by atoms with E-state index < -0.39 is 0 Å². The molecule has 0 aliphatic carbocycles. The lowest BCUT2D eigenvalue weighted by Crippen LogP contribution is -2.23. The molecule has 0 radical (unpaired) electrons. The molecule has 1 heterocycles. The van der Waals surface area contributed by atoms with Gasteiger partial charge in [-0.1, -0.05) is 0 Å². The third kappa shape index (κ3) is 3.38. The van der Waals surface area contributed by atoms with E-state index in [9.17, 15) is 4.79 Å². The van der Waals surface area contributed by atoms with Crippen molar-refractivity contribution in [1.29, 1.82) is 0 Å². The first-order chi connectivity index (χ1) is 10.0. The Kier molecular flexibility index (Phi) is 4.22. The van der Waals surface area contributed by atoms with E-state index in [-0.39, 0.29) is 17.5 Å². The normalized spacial score (nSPS) is 10.0. The maximum atomic E-state index is 11.7. The van der Waals surface area contributed by atoms with Gasteiger partial charge in [-0.25, -0.2) is 0 Å². The zero-order chi connectivity index (χ0) is 15.4. The van der Waals surface area contributed by atoms with Crippen molar-refractivity contribution in [2.45, 2.75) is 0 Å². The lowest BCUT2D eigenvalue weighted by atomic mass is 10.3. The highest BCUT2D eigenvalue weighted by Gasteiger charge is 2.11. The number of nitrogen functional groups attached to an aromatic ring is 1. The molecule has 0 spiro atoms. The molecule has 1 aromatic carbocycles. The van der Waals surface area contributed by atoms with E-state index in [1.807, 2.05) is 0 Å². The summed E-state index contributed by atoms with van der Waals surface area (Å²) in [6.07, 6.45) is 0. The van der Waals surface area contributed by atoms with Gasteiger partial charge >= 0.3 is 0 Å². The summed E-state index contributed by atoms with van der Waals surface area (Å²) in [5.41, 5.74) is 6.52. The molecule has 1 amide bonds. The fraction of sp³-hybridized carbons (Fsp3) is 0.214. The molecular formula is C14H16N4O3.